The Hall–Kier alpha value is -2.77. The van der Waals surface area contributed by atoms with Crippen molar-refractivity contribution in [3.8, 4) is 0 Å². The minimum absolute atomic E-state index is 0.0588. The SMILES string of the molecule is Cc1ccnc(NC(=O)Cn2nc(C)c([N+](=O)[O-])c2C)c1. The molecule has 1 N–H and O–H groups in total. The van der Waals surface area contributed by atoms with Gasteiger partial charge in [-0.3, -0.25) is 19.6 Å². The number of anilines is 1. The van der Waals surface area contributed by atoms with Crippen molar-refractivity contribution in [2.45, 2.75) is 27.3 Å². The molecule has 0 aliphatic carbocycles. The Labute approximate surface area is 121 Å². The monoisotopic (exact) mass is 289 g/mol. The maximum atomic E-state index is 12.0. The number of aromatic nitrogens is 3. The number of rotatable bonds is 4. The topological polar surface area (TPSA) is 103 Å². The second-order valence-corrected chi connectivity index (χ2v) is 4.70. The number of carbonyl (C=O) groups is 1. The van der Waals surface area contributed by atoms with Crippen molar-refractivity contribution in [3.05, 3.63) is 45.4 Å². The van der Waals surface area contributed by atoms with Crippen molar-refractivity contribution in [3.63, 3.8) is 0 Å². The largest absolute Gasteiger partial charge is 0.312 e. The molecule has 0 unspecified atom stereocenters. The number of nitrogens with one attached hydrogen (secondary N) is 1. The van der Waals surface area contributed by atoms with Gasteiger partial charge in [0.15, 0.2) is 0 Å². The second kappa shape index (κ2) is 5.70. The van der Waals surface area contributed by atoms with E-state index in [2.05, 4.69) is 15.4 Å². The van der Waals surface area contributed by atoms with Gasteiger partial charge in [-0.1, -0.05) is 0 Å². The fraction of sp³-hybridized carbons (Fsp3) is 0.308. The Morgan fingerprint density at radius 3 is 2.71 bits per heavy atom. The normalized spacial score (nSPS) is 10.4. The van der Waals surface area contributed by atoms with Crippen molar-refractivity contribution in [2.24, 2.45) is 0 Å². The van der Waals surface area contributed by atoms with Crippen LogP contribution in [0, 0.1) is 30.9 Å². The lowest BCUT2D eigenvalue weighted by Gasteiger charge is -2.06. The van der Waals surface area contributed by atoms with Crippen molar-refractivity contribution in [2.75, 3.05) is 5.32 Å². The maximum absolute atomic E-state index is 12.0. The molecule has 110 valence electrons. The summed E-state index contributed by atoms with van der Waals surface area (Å²) in [5.74, 6) is 0.102. The van der Waals surface area contributed by atoms with Gasteiger partial charge in [0.2, 0.25) is 5.91 Å². The van der Waals surface area contributed by atoms with E-state index in [1.54, 1.807) is 26.1 Å². The molecule has 0 aliphatic rings. The average molecular weight is 289 g/mol. The van der Waals surface area contributed by atoms with E-state index < -0.39 is 4.92 Å². The summed E-state index contributed by atoms with van der Waals surface area (Å²) in [6.07, 6.45) is 1.60. The fourth-order valence-electron chi connectivity index (χ4n) is 2.03. The van der Waals surface area contributed by atoms with Gasteiger partial charge in [-0.05, 0) is 38.5 Å². The summed E-state index contributed by atoms with van der Waals surface area (Å²) in [5.41, 5.74) is 1.56. The van der Waals surface area contributed by atoms with Gasteiger partial charge in [0.1, 0.15) is 23.8 Å². The van der Waals surface area contributed by atoms with E-state index in [1.807, 2.05) is 13.0 Å². The third-order valence-electron chi connectivity index (χ3n) is 3.00. The third kappa shape index (κ3) is 3.22. The molecule has 8 heteroatoms. The van der Waals surface area contributed by atoms with Crippen LogP contribution in [0.4, 0.5) is 11.5 Å². The zero-order chi connectivity index (χ0) is 15.6. The van der Waals surface area contributed by atoms with Gasteiger partial charge >= 0.3 is 5.69 Å². The Bertz CT molecular complexity index is 708. The first-order chi connectivity index (χ1) is 9.88. The maximum Gasteiger partial charge on any atom is 0.312 e. The zero-order valence-corrected chi connectivity index (χ0v) is 12.0. The smallest absolute Gasteiger partial charge is 0.309 e. The Kier molecular flexibility index (Phi) is 3.97. The number of hydrogen-bond acceptors (Lipinski definition) is 5. The lowest BCUT2D eigenvalue weighted by atomic mass is 10.3. The van der Waals surface area contributed by atoms with Crippen LogP contribution in [-0.2, 0) is 11.3 Å². The molecule has 21 heavy (non-hydrogen) atoms. The molecule has 0 saturated carbocycles. The molecule has 2 rings (SSSR count). The van der Waals surface area contributed by atoms with Crippen LogP contribution in [0.1, 0.15) is 17.0 Å². The van der Waals surface area contributed by atoms with Crippen LogP contribution in [0.15, 0.2) is 18.3 Å². The molecule has 0 aliphatic heterocycles. The molecule has 0 spiro atoms. The van der Waals surface area contributed by atoms with Crippen LogP contribution in [0.2, 0.25) is 0 Å². The van der Waals surface area contributed by atoms with E-state index in [1.165, 1.54) is 4.68 Å². The molecule has 0 atom stereocenters. The number of nitrogens with zero attached hydrogens (tertiary/aromatic N) is 4. The van der Waals surface area contributed by atoms with Gasteiger partial charge in [-0.25, -0.2) is 4.98 Å². The minimum atomic E-state index is -0.492. The fourth-order valence-corrected chi connectivity index (χ4v) is 2.03. The van der Waals surface area contributed by atoms with E-state index >= 15 is 0 Å². The molecule has 0 radical (unpaired) electrons. The standard InChI is InChI=1S/C13H15N5O3/c1-8-4-5-14-11(6-8)15-12(19)7-17-10(3)13(18(20)21)9(2)16-17/h4-6H,7H2,1-3H3,(H,14,15,19). The highest BCUT2D eigenvalue weighted by molar-refractivity contribution is 5.89. The molecule has 1 amide bonds. The zero-order valence-electron chi connectivity index (χ0n) is 12.0. The Morgan fingerprint density at radius 1 is 1.43 bits per heavy atom. The van der Waals surface area contributed by atoms with E-state index in [0.717, 1.165) is 5.56 Å². The lowest BCUT2D eigenvalue weighted by molar-refractivity contribution is -0.386. The summed E-state index contributed by atoms with van der Waals surface area (Å²) >= 11 is 0. The Morgan fingerprint density at radius 2 is 2.14 bits per heavy atom. The third-order valence-corrected chi connectivity index (χ3v) is 3.00. The number of carbonyl (C=O) groups excluding carboxylic acids is 1. The molecule has 2 heterocycles. The van der Waals surface area contributed by atoms with Crippen molar-refractivity contribution in [1.82, 2.24) is 14.8 Å². The van der Waals surface area contributed by atoms with E-state index in [9.17, 15) is 14.9 Å². The first-order valence-corrected chi connectivity index (χ1v) is 6.29. The molecular formula is C13H15N5O3. The summed E-state index contributed by atoms with van der Waals surface area (Å²) in [7, 11) is 0. The summed E-state index contributed by atoms with van der Waals surface area (Å²) in [4.78, 5) is 26.4. The molecule has 8 nitrogen and oxygen atoms in total. The number of hydrogen-bond donors (Lipinski definition) is 1. The van der Waals surface area contributed by atoms with Gasteiger partial charge in [-0.2, -0.15) is 5.10 Å². The minimum Gasteiger partial charge on any atom is -0.309 e. The quantitative estimate of drug-likeness (QED) is 0.682. The second-order valence-electron chi connectivity index (χ2n) is 4.70. The van der Waals surface area contributed by atoms with E-state index in [0.29, 0.717) is 17.2 Å². The first-order valence-electron chi connectivity index (χ1n) is 6.29. The van der Waals surface area contributed by atoms with Crippen molar-refractivity contribution < 1.29 is 9.72 Å². The predicted molar refractivity (Wildman–Crippen MR) is 76.0 cm³/mol. The van der Waals surface area contributed by atoms with Gasteiger partial charge in [0, 0.05) is 6.20 Å². The number of amides is 1. The van der Waals surface area contributed by atoms with Crippen LogP contribution in [0.25, 0.3) is 0 Å². The summed E-state index contributed by atoms with van der Waals surface area (Å²) in [6.45, 7) is 4.90. The predicted octanol–water partition coefficient (Wildman–Crippen LogP) is 1.75. The van der Waals surface area contributed by atoms with Crippen LogP contribution in [-0.4, -0.2) is 25.6 Å². The highest BCUT2D eigenvalue weighted by Gasteiger charge is 2.22. The Balaban J connectivity index is 2.13. The van der Waals surface area contributed by atoms with Crippen LogP contribution < -0.4 is 5.32 Å². The number of aryl methyl sites for hydroxylation is 2. The van der Waals surface area contributed by atoms with Crippen molar-refractivity contribution >= 4 is 17.4 Å². The van der Waals surface area contributed by atoms with Crippen LogP contribution in [0.3, 0.4) is 0 Å². The first kappa shape index (κ1) is 14.6. The van der Waals surface area contributed by atoms with E-state index in [-0.39, 0.29) is 18.1 Å². The molecule has 0 aromatic carbocycles. The van der Waals surface area contributed by atoms with Crippen molar-refractivity contribution in [1.29, 1.82) is 0 Å². The molecule has 0 fully saturated rings. The van der Waals surface area contributed by atoms with Gasteiger partial charge in [0.05, 0.1) is 4.92 Å². The highest BCUT2D eigenvalue weighted by atomic mass is 16.6. The number of nitro groups is 1. The summed E-state index contributed by atoms with van der Waals surface area (Å²) in [5, 5.41) is 17.6. The van der Waals surface area contributed by atoms with Crippen LogP contribution >= 0.6 is 0 Å². The summed E-state index contributed by atoms with van der Waals surface area (Å²) < 4.78 is 1.32. The average Bonchev–Trinajstić information content (AvgIpc) is 2.64. The van der Waals surface area contributed by atoms with Gasteiger partial charge in [0.25, 0.3) is 0 Å². The van der Waals surface area contributed by atoms with Crippen LogP contribution in [0.5, 0.6) is 0 Å². The molecule has 2 aromatic rings. The molecule has 0 bridgehead atoms. The number of pyridine rings is 1. The molecule has 0 saturated heterocycles. The highest BCUT2D eigenvalue weighted by Crippen LogP contribution is 2.21. The molecular weight excluding hydrogens is 274 g/mol. The summed E-state index contributed by atoms with van der Waals surface area (Å²) in [6, 6.07) is 3.56. The molecule has 2 aromatic heterocycles. The van der Waals surface area contributed by atoms with E-state index in [4.69, 9.17) is 0 Å². The van der Waals surface area contributed by atoms with Gasteiger partial charge < -0.3 is 5.32 Å². The lowest BCUT2D eigenvalue weighted by Crippen LogP contribution is -2.21. The van der Waals surface area contributed by atoms with Gasteiger partial charge in [-0.15, -0.1) is 0 Å².